The number of aliphatic hydroxyl groups is 2. The predicted molar refractivity (Wildman–Crippen MR) is 201 cm³/mol. The average Bonchev–Trinajstić information content (AvgIpc) is 3.11. The molecule has 0 spiro atoms. The molecule has 2 aliphatic carbocycles. The highest BCUT2D eigenvalue weighted by molar-refractivity contribution is 7.79. The number of quaternary nitrogens is 2. The number of rotatable bonds is 8. The van der Waals surface area contributed by atoms with Crippen molar-refractivity contribution in [3.8, 4) is 0 Å². The molecule has 4 aliphatic rings. The largest absolute Gasteiger partial charge is 0.759 e. The molecule has 2 heterocycles. The van der Waals surface area contributed by atoms with Crippen molar-refractivity contribution in [2.45, 2.75) is 75.4 Å². The molecule has 0 amide bonds. The summed E-state index contributed by atoms with van der Waals surface area (Å²) in [4.78, 5) is 4.98. The number of benzene rings is 2. The fraction of sp³-hybridized carbons (Fsp3) is 0.700. The Labute approximate surface area is 308 Å². The second kappa shape index (κ2) is 18.4. The zero-order valence-electron chi connectivity index (χ0n) is 31.8. The SMILES string of the molecule is C[N+]1(C)CCN(CC(O)(c2ccccc2)C2CCCCC2)CC1.C[N+]1(C)CCN(CC(O)(c2ccccc2)C2CCCCC2)CC1.O=S(=O)([O-])[O-]. The number of nitrogens with zero attached hydrogens (tertiary/aromatic N) is 4. The van der Waals surface area contributed by atoms with Gasteiger partial charge in [0.25, 0.3) is 0 Å². The van der Waals surface area contributed by atoms with Crippen molar-refractivity contribution >= 4 is 10.4 Å². The Bertz CT molecular complexity index is 1300. The summed E-state index contributed by atoms with van der Waals surface area (Å²) in [5, 5.41) is 23.5. The smallest absolute Gasteiger partial charge is 0.105 e. The second-order valence-electron chi connectivity index (χ2n) is 17.0. The summed E-state index contributed by atoms with van der Waals surface area (Å²) in [6.45, 7) is 10.7. The zero-order chi connectivity index (χ0) is 37.2. The van der Waals surface area contributed by atoms with Crippen LogP contribution in [0.2, 0.25) is 0 Å². The molecule has 288 valence electrons. The second-order valence-corrected chi connectivity index (χ2v) is 17.8. The highest BCUT2D eigenvalue weighted by Crippen LogP contribution is 2.41. The highest BCUT2D eigenvalue weighted by Gasteiger charge is 2.43. The summed E-state index contributed by atoms with van der Waals surface area (Å²) in [5.41, 5.74) is 0.865. The maximum atomic E-state index is 11.7. The molecule has 2 N–H and O–H groups in total. The monoisotopic (exact) mass is 730 g/mol. The van der Waals surface area contributed by atoms with Gasteiger partial charge in [-0.3, -0.25) is 18.2 Å². The number of β-amino-alcohol motifs (C(OH)–C–C–N with tert-alkyl or cyclic N) is 2. The van der Waals surface area contributed by atoms with Gasteiger partial charge in [-0.2, -0.15) is 0 Å². The van der Waals surface area contributed by atoms with E-state index >= 15 is 0 Å². The van der Waals surface area contributed by atoms with Crippen LogP contribution >= 0.6 is 0 Å². The lowest BCUT2D eigenvalue weighted by molar-refractivity contribution is -0.894. The highest BCUT2D eigenvalue weighted by atomic mass is 32.3. The number of likely N-dealkylation sites (N-methyl/N-ethyl adjacent to an activating group) is 2. The third-order valence-electron chi connectivity index (χ3n) is 12.1. The van der Waals surface area contributed by atoms with Crippen LogP contribution in [0.4, 0.5) is 0 Å². The average molecular weight is 731 g/mol. The topological polar surface area (TPSA) is 127 Å². The Morgan fingerprint density at radius 3 is 1.14 bits per heavy atom. The van der Waals surface area contributed by atoms with Crippen molar-refractivity contribution in [2.24, 2.45) is 11.8 Å². The van der Waals surface area contributed by atoms with E-state index in [1.807, 2.05) is 12.1 Å². The van der Waals surface area contributed by atoms with Crippen molar-refractivity contribution in [3.63, 3.8) is 0 Å². The molecule has 2 saturated carbocycles. The molecule has 6 rings (SSSR count). The van der Waals surface area contributed by atoms with Crippen LogP contribution in [0.3, 0.4) is 0 Å². The van der Waals surface area contributed by atoms with Crippen LogP contribution in [-0.4, -0.2) is 140 Å². The van der Waals surface area contributed by atoms with Crippen LogP contribution in [0, 0.1) is 11.8 Å². The van der Waals surface area contributed by atoms with E-state index in [0.29, 0.717) is 11.8 Å². The van der Waals surface area contributed by atoms with Crippen molar-refractivity contribution in [1.82, 2.24) is 9.80 Å². The maximum absolute atomic E-state index is 11.7. The standard InChI is InChI=1S/2C20H33N2O.H2O4S/c2*1-22(2)15-13-21(14-16-22)17-20(23,18-9-5-3-6-10-18)19-11-7-4-8-12-19;1-5(2,3)4/h2*3,5-6,9-10,19,23H,4,7-8,11-17H2,1-2H3;(H2,1,2,3,4)/q2*+1;/p-2. The summed E-state index contributed by atoms with van der Waals surface area (Å²) < 4.78 is 36.3. The minimum Gasteiger partial charge on any atom is -0.759 e. The number of hydrogen-bond donors (Lipinski definition) is 2. The van der Waals surface area contributed by atoms with E-state index in [4.69, 9.17) is 17.5 Å². The number of hydrogen-bond acceptors (Lipinski definition) is 8. The van der Waals surface area contributed by atoms with E-state index in [2.05, 4.69) is 86.5 Å². The van der Waals surface area contributed by atoms with Gasteiger partial charge in [-0.05, 0) is 48.6 Å². The van der Waals surface area contributed by atoms with E-state index in [1.165, 1.54) is 90.4 Å². The molecule has 2 aromatic carbocycles. The van der Waals surface area contributed by atoms with Gasteiger partial charge < -0.3 is 28.3 Å². The van der Waals surface area contributed by atoms with Crippen LogP contribution in [-0.2, 0) is 21.6 Å². The van der Waals surface area contributed by atoms with Gasteiger partial charge in [-0.1, -0.05) is 99.2 Å². The summed E-state index contributed by atoms with van der Waals surface area (Å²) >= 11 is 0. The lowest BCUT2D eigenvalue weighted by atomic mass is 9.73. The lowest BCUT2D eigenvalue weighted by Gasteiger charge is -2.45. The van der Waals surface area contributed by atoms with E-state index < -0.39 is 21.6 Å². The Balaban J connectivity index is 0.000000202. The lowest BCUT2D eigenvalue weighted by Crippen LogP contribution is -2.58. The quantitative estimate of drug-likeness (QED) is 0.233. The third-order valence-corrected chi connectivity index (χ3v) is 12.1. The van der Waals surface area contributed by atoms with Gasteiger partial charge in [0.1, 0.15) is 11.2 Å². The molecule has 0 bridgehead atoms. The van der Waals surface area contributed by atoms with Gasteiger partial charge in [-0.15, -0.1) is 0 Å². The molecule has 0 aromatic heterocycles. The third kappa shape index (κ3) is 13.2. The molecule has 11 heteroatoms. The molecular formula is C40H66N4O6S. The molecule has 2 saturated heterocycles. The first-order valence-electron chi connectivity index (χ1n) is 19.3. The summed E-state index contributed by atoms with van der Waals surface area (Å²) in [6.07, 6.45) is 12.4. The van der Waals surface area contributed by atoms with Crippen molar-refractivity contribution in [1.29, 1.82) is 0 Å². The van der Waals surface area contributed by atoms with Gasteiger partial charge in [0, 0.05) is 49.7 Å². The molecule has 4 fully saturated rings. The van der Waals surface area contributed by atoms with Crippen LogP contribution in [0.25, 0.3) is 0 Å². The first kappa shape index (κ1) is 41.8. The van der Waals surface area contributed by atoms with E-state index in [-0.39, 0.29) is 0 Å². The van der Waals surface area contributed by atoms with Gasteiger partial charge in [0.15, 0.2) is 0 Å². The fourth-order valence-electron chi connectivity index (χ4n) is 8.62. The van der Waals surface area contributed by atoms with Gasteiger partial charge in [0.2, 0.25) is 0 Å². The minimum absolute atomic E-state index is 0.406. The zero-order valence-corrected chi connectivity index (χ0v) is 32.6. The van der Waals surface area contributed by atoms with E-state index in [1.54, 1.807) is 0 Å². The number of piperazine rings is 2. The summed E-state index contributed by atoms with van der Waals surface area (Å²) in [6, 6.07) is 20.9. The molecule has 2 aliphatic heterocycles. The molecule has 2 aromatic rings. The molecule has 2 atom stereocenters. The minimum atomic E-state index is -5.17. The summed E-state index contributed by atoms with van der Waals surface area (Å²) in [5.74, 6) is 0.811. The van der Waals surface area contributed by atoms with Gasteiger partial charge in [0.05, 0.1) is 54.4 Å². The van der Waals surface area contributed by atoms with E-state index in [0.717, 1.165) is 59.4 Å². The molecule has 10 nitrogen and oxygen atoms in total. The van der Waals surface area contributed by atoms with Crippen LogP contribution in [0.1, 0.15) is 75.3 Å². The van der Waals surface area contributed by atoms with Gasteiger partial charge >= 0.3 is 0 Å². The Morgan fingerprint density at radius 1 is 0.588 bits per heavy atom. The van der Waals surface area contributed by atoms with E-state index in [9.17, 15) is 10.2 Å². The first-order chi connectivity index (χ1) is 24.0. The molecule has 2 unspecified atom stereocenters. The van der Waals surface area contributed by atoms with Crippen LogP contribution in [0.5, 0.6) is 0 Å². The maximum Gasteiger partial charge on any atom is 0.105 e. The van der Waals surface area contributed by atoms with Gasteiger partial charge in [-0.25, -0.2) is 0 Å². The summed E-state index contributed by atoms with van der Waals surface area (Å²) in [7, 11) is 4.06. The van der Waals surface area contributed by atoms with Crippen molar-refractivity contribution < 1.29 is 36.7 Å². The Morgan fingerprint density at radius 2 is 0.863 bits per heavy atom. The van der Waals surface area contributed by atoms with Crippen LogP contribution < -0.4 is 0 Å². The molecular weight excluding hydrogens is 665 g/mol. The molecule has 51 heavy (non-hydrogen) atoms. The van der Waals surface area contributed by atoms with Crippen molar-refractivity contribution in [2.75, 3.05) is 93.6 Å². The van der Waals surface area contributed by atoms with Crippen LogP contribution in [0.15, 0.2) is 60.7 Å². The predicted octanol–water partition coefficient (Wildman–Crippen LogP) is 4.36. The molecule has 0 radical (unpaired) electrons. The van der Waals surface area contributed by atoms with Crippen molar-refractivity contribution in [3.05, 3.63) is 71.8 Å². The normalized spacial score (nSPS) is 24.5. The Kier molecular flexibility index (Phi) is 15.1. The first-order valence-corrected chi connectivity index (χ1v) is 20.6. The Hall–Kier alpha value is -1.93. The fourth-order valence-corrected chi connectivity index (χ4v) is 8.62.